The largest absolute Gasteiger partial charge is 0.335 e. The number of urea groups is 1. The molecule has 0 fully saturated rings. The summed E-state index contributed by atoms with van der Waals surface area (Å²) in [5, 5.41) is 6.89. The van der Waals surface area contributed by atoms with Crippen LogP contribution in [-0.4, -0.2) is 22.4 Å². The molecule has 0 radical (unpaired) electrons. The van der Waals surface area contributed by atoms with Crippen LogP contribution in [-0.2, 0) is 0 Å². The highest BCUT2D eigenvalue weighted by Crippen LogP contribution is 2.23. The normalized spacial score (nSPS) is 18.6. The number of nitrogens with zero attached hydrogens (tertiary/aromatic N) is 2. The molecule has 0 aliphatic carbocycles. The first-order valence-electron chi connectivity index (χ1n) is 6.77. The van der Waals surface area contributed by atoms with E-state index in [0.717, 1.165) is 21.5 Å². The van der Waals surface area contributed by atoms with Gasteiger partial charge in [-0.15, -0.1) is 0 Å². The average molecular weight is 304 g/mol. The molecule has 1 aromatic heterocycles. The molecule has 7 heteroatoms. The minimum absolute atomic E-state index is 0.0437. The van der Waals surface area contributed by atoms with Crippen LogP contribution in [0.2, 0.25) is 0 Å². The molecule has 2 heterocycles. The Labute approximate surface area is 125 Å². The molecule has 6 nitrogen and oxygen atoms in total. The Kier molecular flexibility index (Phi) is 3.29. The minimum atomic E-state index is -0.304. The molecular weight excluding hydrogens is 288 g/mol. The SMILES string of the molecule is CC1NC(=O)NN=C1c1ccc2sc(=O)n(C(C)C)c2c1. The number of fused-ring (bicyclic) bond motifs is 1. The zero-order chi connectivity index (χ0) is 15.1. The first kappa shape index (κ1) is 13.8. The van der Waals surface area contributed by atoms with E-state index < -0.39 is 0 Å². The van der Waals surface area contributed by atoms with Gasteiger partial charge in [-0.3, -0.25) is 9.36 Å². The van der Waals surface area contributed by atoms with Gasteiger partial charge in [0.15, 0.2) is 0 Å². The van der Waals surface area contributed by atoms with Crippen molar-refractivity contribution >= 4 is 33.3 Å². The van der Waals surface area contributed by atoms with Gasteiger partial charge in [0.2, 0.25) is 0 Å². The van der Waals surface area contributed by atoms with Crippen LogP contribution in [0.4, 0.5) is 4.79 Å². The molecule has 0 bridgehead atoms. The van der Waals surface area contributed by atoms with E-state index in [0.29, 0.717) is 0 Å². The standard InChI is InChI=1S/C14H16N4O2S/c1-7(2)18-10-6-9(4-5-11(10)21-14(18)20)12-8(3)15-13(19)17-16-12/h4-8H,1-3H3,(H2,15,17,19). The maximum atomic E-state index is 12.1. The number of thiazole rings is 1. The number of carbonyl (C=O) groups excluding carboxylic acids is 1. The van der Waals surface area contributed by atoms with Crippen LogP contribution in [0, 0.1) is 0 Å². The monoisotopic (exact) mass is 304 g/mol. The molecule has 110 valence electrons. The summed E-state index contributed by atoms with van der Waals surface area (Å²) in [7, 11) is 0. The highest BCUT2D eigenvalue weighted by atomic mass is 32.1. The van der Waals surface area contributed by atoms with Gasteiger partial charge in [-0.25, -0.2) is 10.2 Å². The fraction of sp³-hybridized carbons (Fsp3) is 0.357. The summed E-state index contributed by atoms with van der Waals surface area (Å²) in [6, 6.07) is 5.45. The van der Waals surface area contributed by atoms with Gasteiger partial charge >= 0.3 is 10.9 Å². The van der Waals surface area contributed by atoms with Gasteiger partial charge in [0.1, 0.15) is 0 Å². The molecule has 0 spiro atoms. The Hall–Kier alpha value is -2.15. The van der Waals surface area contributed by atoms with E-state index in [4.69, 9.17) is 0 Å². The number of benzene rings is 1. The van der Waals surface area contributed by atoms with Gasteiger partial charge in [-0.2, -0.15) is 5.10 Å². The minimum Gasteiger partial charge on any atom is -0.328 e. The number of hydrazone groups is 1. The number of nitrogens with one attached hydrogen (secondary N) is 2. The maximum Gasteiger partial charge on any atom is 0.335 e. The van der Waals surface area contributed by atoms with Gasteiger partial charge in [-0.1, -0.05) is 17.4 Å². The van der Waals surface area contributed by atoms with Gasteiger partial charge in [0, 0.05) is 11.6 Å². The average Bonchev–Trinajstić information content (AvgIpc) is 2.73. The molecule has 2 N–H and O–H groups in total. The number of rotatable bonds is 2. The summed E-state index contributed by atoms with van der Waals surface area (Å²) in [6.45, 7) is 5.86. The Balaban J connectivity index is 2.15. The Morgan fingerprint density at radius 3 is 2.76 bits per heavy atom. The molecule has 1 atom stereocenters. The zero-order valence-electron chi connectivity index (χ0n) is 12.0. The fourth-order valence-electron chi connectivity index (χ4n) is 2.50. The molecule has 0 saturated carbocycles. The lowest BCUT2D eigenvalue weighted by molar-refractivity contribution is 0.239. The van der Waals surface area contributed by atoms with Crippen molar-refractivity contribution in [3.8, 4) is 0 Å². The number of hydrogen-bond acceptors (Lipinski definition) is 4. The van der Waals surface area contributed by atoms with Gasteiger partial charge in [-0.05, 0) is 32.9 Å². The van der Waals surface area contributed by atoms with Gasteiger partial charge < -0.3 is 5.32 Å². The van der Waals surface area contributed by atoms with E-state index in [-0.39, 0.29) is 23.0 Å². The van der Waals surface area contributed by atoms with E-state index >= 15 is 0 Å². The Morgan fingerprint density at radius 1 is 1.33 bits per heavy atom. The highest BCUT2D eigenvalue weighted by Gasteiger charge is 2.21. The van der Waals surface area contributed by atoms with Crippen molar-refractivity contribution in [3.05, 3.63) is 33.4 Å². The second-order valence-corrected chi connectivity index (χ2v) is 6.31. The molecular formula is C14H16N4O2S. The summed E-state index contributed by atoms with van der Waals surface area (Å²) < 4.78 is 2.74. The van der Waals surface area contributed by atoms with Crippen LogP contribution in [0.25, 0.3) is 10.2 Å². The predicted molar refractivity (Wildman–Crippen MR) is 84.1 cm³/mol. The van der Waals surface area contributed by atoms with Crippen molar-refractivity contribution in [1.29, 1.82) is 0 Å². The quantitative estimate of drug-likeness (QED) is 0.891. The summed E-state index contributed by atoms with van der Waals surface area (Å²) in [5.41, 5.74) is 4.98. The summed E-state index contributed by atoms with van der Waals surface area (Å²) in [6.07, 6.45) is 0. The Bertz CT molecular complexity index is 803. The molecule has 0 saturated heterocycles. The predicted octanol–water partition coefficient (Wildman–Crippen LogP) is 2.05. The molecule has 2 amide bonds. The van der Waals surface area contributed by atoms with Gasteiger partial charge in [0.05, 0.1) is 22.0 Å². The molecule has 1 aromatic carbocycles. The molecule has 3 rings (SSSR count). The number of amides is 2. The van der Waals surface area contributed by atoms with Crippen LogP contribution < -0.4 is 15.6 Å². The second-order valence-electron chi connectivity index (χ2n) is 5.32. The lowest BCUT2D eigenvalue weighted by atomic mass is 10.0. The second kappa shape index (κ2) is 5.00. The molecule has 21 heavy (non-hydrogen) atoms. The highest BCUT2D eigenvalue weighted by molar-refractivity contribution is 7.16. The summed E-state index contributed by atoms with van der Waals surface area (Å²) >= 11 is 1.25. The topological polar surface area (TPSA) is 75.5 Å². The lowest BCUT2D eigenvalue weighted by Crippen LogP contribution is -2.48. The Morgan fingerprint density at radius 2 is 2.10 bits per heavy atom. The van der Waals surface area contributed by atoms with Crippen LogP contribution in [0.1, 0.15) is 32.4 Å². The van der Waals surface area contributed by atoms with Gasteiger partial charge in [0.25, 0.3) is 0 Å². The zero-order valence-corrected chi connectivity index (χ0v) is 12.8. The van der Waals surface area contributed by atoms with Crippen molar-refractivity contribution in [3.63, 3.8) is 0 Å². The summed E-state index contributed by atoms with van der Waals surface area (Å²) in [5.74, 6) is 0. The van der Waals surface area contributed by atoms with E-state index in [9.17, 15) is 9.59 Å². The van der Waals surface area contributed by atoms with Crippen molar-refractivity contribution in [2.45, 2.75) is 32.9 Å². The van der Waals surface area contributed by atoms with Crippen LogP contribution >= 0.6 is 11.3 Å². The third-order valence-electron chi connectivity index (χ3n) is 3.46. The van der Waals surface area contributed by atoms with E-state index in [1.54, 1.807) is 4.57 Å². The molecule has 1 aliphatic rings. The van der Waals surface area contributed by atoms with Crippen molar-refractivity contribution < 1.29 is 4.79 Å². The van der Waals surface area contributed by atoms with E-state index in [1.807, 2.05) is 39.0 Å². The first-order valence-corrected chi connectivity index (χ1v) is 7.58. The van der Waals surface area contributed by atoms with Crippen molar-refractivity contribution in [2.24, 2.45) is 5.10 Å². The smallest absolute Gasteiger partial charge is 0.328 e. The van der Waals surface area contributed by atoms with Crippen molar-refractivity contribution in [1.82, 2.24) is 15.3 Å². The van der Waals surface area contributed by atoms with E-state index in [1.165, 1.54) is 11.3 Å². The van der Waals surface area contributed by atoms with Crippen LogP contribution in [0.5, 0.6) is 0 Å². The van der Waals surface area contributed by atoms with E-state index in [2.05, 4.69) is 15.8 Å². The first-order chi connectivity index (χ1) is 9.97. The molecule has 2 aromatic rings. The molecule has 1 aliphatic heterocycles. The number of aromatic nitrogens is 1. The number of hydrogen-bond donors (Lipinski definition) is 2. The third kappa shape index (κ3) is 2.33. The van der Waals surface area contributed by atoms with Crippen LogP contribution in [0.15, 0.2) is 28.1 Å². The van der Waals surface area contributed by atoms with Crippen molar-refractivity contribution in [2.75, 3.05) is 0 Å². The third-order valence-corrected chi connectivity index (χ3v) is 4.40. The molecule has 1 unspecified atom stereocenters. The fourth-order valence-corrected chi connectivity index (χ4v) is 3.50. The summed E-state index contributed by atoms with van der Waals surface area (Å²) in [4.78, 5) is 23.3. The maximum absolute atomic E-state index is 12.1. The lowest BCUT2D eigenvalue weighted by Gasteiger charge is -2.21. The van der Waals surface area contributed by atoms with Crippen LogP contribution in [0.3, 0.4) is 0 Å². The number of carbonyl (C=O) groups is 1.